The molecule has 0 spiro atoms. The third kappa shape index (κ3) is 1.93. The Hall–Kier alpha value is -0.210. The Morgan fingerprint density at radius 3 is 2.75 bits per heavy atom. The Kier molecular flexibility index (Phi) is 2.28. The van der Waals surface area contributed by atoms with E-state index in [1.807, 2.05) is 18.2 Å². The fraction of sp³-hybridized carbons (Fsp3) is 0.333. The van der Waals surface area contributed by atoms with Gasteiger partial charge in [0.25, 0.3) is 0 Å². The summed E-state index contributed by atoms with van der Waals surface area (Å²) in [6, 6.07) is 5.63. The molecule has 0 atom stereocenters. The van der Waals surface area contributed by atoms with E-state index >= 15 is 0 Å². The van der Waals surface area contributed by atoms with Gasteiger partial charge in [0.1, 0.15) is 5.75 Å². The molecule has 2 rings (SSSR count). The van der Waals surface area contributed by atoms with Crippen LogP contribution < -0.4 is 4.74 Å². The number of ether oxygens (including phenoxy) is 1. The summed E-state index contributed by atoms with van der Waals surface area (Å²) in [5.41, 5.74) is 0. The van der Waals surface area contributed by atoms with Gasteiger partial charge < -0.3 is 4.74 Å². The van der Waals surface area contributed by atoms with E-state index in [-0.39, 0.29) is 0 Å². The lowest BCUT2D eigenvalue weighted by Gasteiger charge is -2.04. The molecule has 1 aromatic carbocycles. The first-order valence-electron chi connectivity index (χ1n) is 3.87. The fourth-order valence-corrected chi connectivity index (χ4v) is 1.40. The van der Waals surface area contributed by atoms with Gasteiger partial charge in [0.15, 0.2) is 0 Å². The highest BCUT2D eigenvalue weighted by Gasteiger charge is 2.23. The van der Waals surface area contributed by atoms with Crippen LogP contribution in [-0.4, -0.2) is 6.10 Å². The molecule has 0 heterocycles. The minimum Gasteiger partial charge on any atom is -0.490 e. The average molecular weight is 248 g/mol. The van der Waals surface area contributed by atoms with Gasteiger partial charge in [-0.3, -0.25) is 0 Å². The molecule has 3 heteroatoms. The Bertz CT molecular complexity index is 297. The molecule has 0 unspecified atom stereocenters. The summed E-state index contributed by atoms with van der Waals surface area (Å²) in [7, 11) is 0. The lowest BCUT2D eigenvalue weighted by atomic mass is 10.3. The van der Waals surface area contributed by atoms with Crippen molar-refractivity contribution >= 4 is 27.5 Å². The monoisotopic (exact) mass is 246 g/mol. The predicted octanol–water partition coefficient (Wildman–Crippen LogP) is 3.64. The lowest BCUT2D eigenvalue weighted by molar-refractivity contribution is 0.303. The smallest absolute Gasteiger partial charge is 0.120 e. The van der Waals surface area contributed by atoms with Crippen LogP contribution in [0, 0.1) is 0 Å². The second kappa shape index (κ2) is 3.27. The number of halogens is 2. The van der Waals surface area contributed by atoms with Gasteiger partial charge in [0.2, 0.25) is 0 Å². The molecule has 0 saturated heterocycles. The largest absolute Gasteiger partial charge is 0.490 e. The summed E-state index contributed by atoms with van der Waals surface area (Å²) in [6.07, 6.45) is 2.80. The summed E-state index contributed by atoms with van der Waals surface area (Å²) in [4.78, 5) is 0. The van der Waals surface area contributed by atoms with Gasteiger partial charge in [-0.1, -0.05) is 11.6 Å². The van der Waals surface area contributed by atoms with Crippen LogP contribution in [0.4, 0.5) is 0 Å². The molecule has 64 valence electrons. The topological polar surface area (TPSA) is 9.23 Å². The van der Waals surface area contributed by atoms with E-state index in [1.54, 1.807) is 0 Å². The van der Waals surface area contributed by atoms with E-state index in [4.69, 9.17) is 16.3 Å². The van der Waals surface area contributed by atoms with Gasteiger partial charge in [0, 0.05) is 4.47 Å². The second-order valence-electron chi connectivity index (χ2n) is 2.89. The molecule has 0 bridgehead atoms. The van der Waals surface area contributed by atoms with Crippen LogP contribution in [0.15, 0.2) is 22.7 Å². The Morgan fingerprint density at radius 1 is 1.42 bits per heavy atom. The number of rotatable bonds is 2. The van der Waals surface area contributed by atoms with E-state index in [1.165, 1.54) is 12.8 Å². The summed E-state index contributed by atoms with van der Waals surface area (Å²) < 4.78 is 6.46. The molecule has 0 radical (unpaired) electrons. The number of benzene rings is 1. The van der Waals surface area contributed by atoms with Gasteiger partial charge in [-0.15, -0.1) is 0 Å². The van der Waals surface area contributed by atoms with Crippen molar-refractivity contribution in [2.24, 2.45) is 0 Å². The molecule has 1 aliphatic carbocycles. The van der Waals surface area contributed by atoms with Crippen LogP contribution in [-0.2, 0) is 0 Å². The minimum atomic E-state index is 0.443. The van der Waals surface area contributed by atoms with Gasteiger partial charge in [0.05, 0.1) is 11.1 Å². The summed E-state index contributed by atoms with van der Waals surface area (Å²) >= 11 is 9.17. The average Bonchev–Trinajstić information content (AvgIpc) is 2.81. The second-order valence-corrected chi connectivity index (χ2v) is 4.15. The zero-order valence-corrected chi connectivity index (χ0v) is 8.73. The molecule has 1 nitrogen and oxygen atoms in total. The SMILES string of the molecule is Clc1ccc(OC2CC2)cc1Br. The molecular formula is C9H8BrClO. The molecule has 0 aliphatic heterocycles. The molecular weight excluding hydrogens is 239 g/mol. The van der Waals surface area contributed by atoms with E-state index < -0.39 is 0 Å². The Morgan fingerprint density at radius 2 is 2.17 bits per heavy atom. The van der Waals surface area contributed by atoms with E-state index in [9.17, 15) is 0 Å². The van der Waals surface area contributed by atoms with Crippen molar-refractivity contribution in [3.63, 3.8) is 0 Å². The molecule has 1 aromatic rings. The van der Waals surface area contributed by atoms with Gasteiger partial charge >= 0.3 is 0 Å². The molecule has 12 heavy (non-hydrogen) atoms. The van der Waals surface area contributed by atoms with Crippen LogP contribution in [0.25, 0.3) is 0 Å². The summed E-state index contributed by atoms with van der Waals surface area (Å²) in [5.74, 6) is 0.897. The fourth-order valence-electron chi connectivity index (χ4n) is 0.929. The van der Waals surface area contributed by atoms with Gasteiger partial charge in [-0.2, -0.15) is 0 Å². The van der Waals surface area contributed by atoms with E-state index in [0.29, 0.717) is 6.10 Å². The molecule has 0 aromatic heterocycles. The van der Waals surface area contributed by atoms with Gasteiger partial charge in [-0.05, 0) is 47.0 Å². The van der Waals surface area contributed by atoms with Crippen LogP contribution >= 0.6 is 27.5 Å². The van der Waals surface area contributed by atoms with Crippen molar-refractivity contribution in [2.75, 3.05) is 0 Å². The van der Waals surface area contributed by atoms with Crippen molar-refractivity contribution in [3.8, 4) is 5.75 Å². The summed E-state index contributed by atoms with van der Waals surface area (Å²) in [6.45, 7) is 0. The van der Waals surface area contributed by atoms with Gasteiger partial charge in [-0.25, -0.2) is 0 Å². The molecule has 0 N–H and O–H groups in total. The maximum Gasteiger partial charge on any atom is 0.120 e. The van der Waals surface area contributed by atoms with Crippen molar-refractivity contribution in [1.29, 1.82) is 0 Å². The van der Waals surface area contributed by atoms with E-state index in [2.05, 4.69) is 15.9 Å². The zero-order valence-electron chi connectivity index (χ0n) is 6.39. The van der Waals surface area contributed by atoms with Crippen LogP contribution in [0.3, 0.4) is 0 Å². The number of hydrogen-bond acceptors (Lipinski definition) is 1. The predicted molar refractivity (Wildman–Crippen MR) is 52.8 cm³/mol. The highest BCUT2D eigenvalue weighted by Crippen LogP contribution is 2.31. The first-order valence-corrected chi connectivity index (χ1v) is 5.04. The third-order valence-corrected chi connectivity index (χ3v) is 2.93. The first-order chi connectivity index (χ1) is 5.75. The maximum absolute atomic E-state index is 5.83. The Labute approximate surface area is 84.8 Å². The molecule has 0 amide bonds. The highest BCUT2D eigenvalue weighted by molar-refractivity contribution is 9.10. The summed E-state index contributed by atoms with van der Waals surface area (Å²) in [5, 5.41) is 0.721. The van der Waals surface area contributed by atoms with Crippen LogP contribution in [0.5, 0.6) is 5.75 Å². The minimum absolute atomic E-state index is 0.443. The highest BCUT2D eigenvalue weighted by atomic mass is 79.9. The van der Waals surface area contributed by atoms with E-state index in [0.717, 1.165) is 15.2 Å². The molecule has 1 saturated carbocycles. The normalized spacial score (nSPS) is 16.2. The molecule has 1 aliphatic rings. The van der Waals surface area contributed by atoms with Crippen molar-refractivity contribution in [2.45, 2.75) is 18.9 Å². The van der Waals surface area contributed by atoms with Crippen LogP contribution in [0.1, 0.15) is 12.8 Å². The standard InChI is InChI=1S/C9H8BrClO/c10-8-5-7(3-4-9(8)11)12-6-1-2-6/h3-6H,1-2H2. The van der Waals surface area contributed by atoms with Crippen molar-refractivity contribution in [1.82, 2.24) is 0 Å². The van der Waals surface area contributed by atoms with Crippen molar-refractivity contribution in [3.05, 3.63) is 27.7 Å². The maximum atomic E-state index is 5.83. The lowest BCUT2D eigenvalue weighted by Crippen LogP contribution is -1.95. The van der Waals surface area contributed by atoms with Crippen LogP contribution in [0.2, 0.25) is 5.02 Å². The van der Waals surface area contributed by atoms with Crippen molar-refractivity contribution < 1.29 is 4.74 Å². The Balaban J connectivity index is 2.15. The quantitative estimate of drug-likeness (QED) is 0.775. The number of hydrogen-bond donors (Lipinski definition) is 0. The molecule has 1 fully saturated rings. The zero-order chi connectivity index (χ0) is 8.55. The first kappa shape index (κ1) is 8.39. The third-order valence-electron chi connectivity index (χ3n) is 1.72.